The quantitative estimate of drug-likeness (QED) is 0.532. The van der Waals surface area contributed by atoms with Crippen molar-refractivity contribution in [1.29, 1.82) is 0 Å². The Morgan fingerprint density at radius 3 is 2.71 bits per heavy atom. The predicted octanol–water partition coefficient (Wildman–Crippen LogP) is 2.10. The molecule has 176 valence electrons. The fourth-order valence-electron chi connectivity index (χ4n) is 3.79. The molecule has 1 aromatic heterocycles. The molecule has 0 saturated carbocycles. The molecule has 1 unspecified atom stereocenters. The lowest BCUT2D eigenvalue weighted by atomic mass is 10.1. The minimum atomic E-state index is -3.78. The third kappa shape index (κ3) is 4.37. The number of nitrogens with zero attached hydrogens (tertiary/aromatic N) is 1. The summed E-state index contributed by atoms with van der Waals surface area (Å²) in [5.41, 5.74) is 5.72. The third-order valence-corrected chi connectivity index (χ3v) is 8.47. The highest BCUT2D eigenvalue weighted by molar-refractivity contribution is 7.89. The maximum atomic E-state index is 13.2. The lowest BCUT2D eigenvalue weighted by Gasteiger charge is -2.26. The summed E-state index contributed by atoms with van der Waals surface area (Å²) in [5, 5.41) is 1.96. The van der Waals surface area contributed by atoms with E-state index in [1.54, 1.807) is 35.6 Å². The number of thiophene rings is 1. The molecule has 3 aromatic rings. The zero-order valence-electron chi connectivity index (χ0n) is 17.9. The third-order valence-electron chi connectivity index (χ3n) is 5.61. The van der Waals surface area contributed by atoms with Crippen molar-refractivity contribution < 1.29 is 27.5 Å². The molecular weight excluding hydrogens is 478 g/mol. The lowest BCUT2D eigenvalue weighted by molar-refractivity contribution is -0.131. The van der Waals surface area contributed by atoms with Gasteiger partial charge in [-0.2, -0.15) is 4.31 Å². The summed E-state index contributed by atoms with van der Waals surface area (Å²) in [5.74, 6) is -0.268. The molecule has 0 radical (unpaired) electrons. The summed E-state index contributed by atoms with van der Waals surface area (Å²) in [7, 11) is -3.78. The number of rotatable bonds is 4. The fourth-order valence-corrected chi connectivity index (χ4v) is 6.15. The van der Waals surface area contributed by atoms with Gasteiger partial charge in [-0.05, 0) is 53.8 Å². The van der Waals surface area contributed by atoms with Crippen molar-refractivity contribution >= 4 is 33.2 Å². The summed E-state index contributed by atoms with van der Waals surface area (Å²) in [4.78, 5) is 26.3. The molecule has 5 rings (SSSR count). The summed E-state index contributed by atoms with van der Waals surface area (Å²) >= 11 is 1.63. The molecular formula is C23H21N3O6S2. The first kappa shape index (κ1) is 22.4. The average molecular weight is 500 g/mol. The van der Waals surface area contributed by atoms with E-state index in [4.69, 9.17) is 9.47 Å². The Bertz CT molecular complexity index is 1350. The number of hydrogen-bond donors (Lipinski definition) is 2. The molecule has 0 fully saturated rings. The van der Waals surface area contributed by atoms with Gasteiger partial charge in [-0.1, -0.05) is 18.2 Å². The number of hydrazine groups is 1. The van der Waals surface area contributed by atoms with Gasteiger partial charge in [0.1, 0.15) is 6.61 Å². The molecule has 34 heavy (non-hydrogen) atoms. The average Bonchev–Trinajstić information content (AvgIpc) is 3.35. The van der Waals surface area contributed by atoms with Gasteiger partial charge in [0.2, 0.25) is 16.1 Å². The van der Waals surface area contributed by atoms with Gasteiger partial charge in [0.25, 0.3) is 11.8 Å². The van der Waals surface area contributed by atoms with Crippen LogP contribution in [0.15, 0.2) is 64.9 Å². The molecule has 2 aliphatic heterocycles. The van der Waals surface area contributed by atoms with Crippen molar-refractivity contribution in [2.24, 2.45) is 0 Å². The first-order valence-corrected chi connectivity index (χ1v) is 12.9. The van der Waals surface area contributed by atoms with E-state index in [-0.39, 0.29) is 17.1 Å². The first-order valence-electron chi connectivity index (χ1n) is 10.6. The van der Waals surface area contributed by atoms with Gasteiger partial charge in [0, 0.05) is 23.5 Å². The van der Waals surface area contributed by atoms with E-state index in [9.17, 15) is 18.0 Å². The Labute approximate surface area is 200 Å². The van der Waals surface area contributed by atoms with Crippen LogP contribution in [0.25, 0.3) is 0 Å². The number of sulfonamides is 1. The number of hydrogen-bond acceptors (Lipinski definition) is 7. The molecule has 0 saturated heterocycles. The lowest BCUT2D eigenvalue weighted by Crippen LogP contribution is -2.50. The molecule has 2 N–H and O–H groups in total. The van der Waals surface area contributed by atoms with Crippen LogP contribution in [-0.4, -0.2) is 43.8 Å². The smallest absolute Gasteiger partial charge is 0.283 e. The number of amides is 2. The largest absolute Gasteiger partial charge is 0.485 e. The van der Waals surface area contributed by atoms with E-state index >= 15 is 0 Å². The standard InChI is InChI=1S/C23H21N3O6S2/c27-22(24-25-23(28)20-14-31-18-6-1-2-7-19(18)32-20)15-4-3-5-17(12-15)34(29,30)26-10-8-21-16(13-26)9-11-33-21/h1-7,9,11-12,20H,8,10,13-14H2,(H,24,27)(H,25,28). The molecule has 2 aliphatic rings. The zero-order valence-corrected chi connectivity index (χ0v) is 19.5. The minimum absolute atomic E-state index is 0.00583. The van der Waals surface area contributed by atoms with Gasteiger partial charge in [0.05, 0.1) is 4.90 Å². The van der Waals surface area contributed by atoms with E-state index in [0.29, 0.717) is 31.0 Å². The molecule has 0 spiro atoms. The number of fused-ring (bicyclic) bond motifs is 2. The van der Waals surface area contributed by atoms with Crippen molar-refractivity contribution in [3.05, 3.63) is 76.0 Å². The van der Waals surface area contributed by atoms with Crippen molar-refractivity contribution in [3.8, 4) is 11.5 Å². The van der Waals surface area contributed by atoms with Gasteiger partial charge in [-0.3, -0.25) is 20.4 Å². The normalized spacial score (nSPS) is 17.5. The van der Waals surface area contributed by atoms with Crippen LogP contribution >= 0.6 is 11.3 Å². The maximum absolute atomic E-state index is 13.2. The van der Waals surface area contributed by atoms with E-state index in [0.717, 1.165) is 5.56 Å². The van der Waals surface area contributed by atoms with Gasteiger partial charge < -0.3 is 9.47 Å². The van der Waals surface area contributed by atoms with Crippen LogP contribution < -0.4 is 20.3 Å². The summed E-state index contributed by atoms with van der Waals surface area (Å²) in [6, 6.07) is 14.6. The van der Waals surface area contributed by atoms with Crippen LogP contribution in [0.3, 0.4) is 0 Å². The Morgan fingerprint density at radius 1 is 1.03 bits per heavy atom. The van der Waals surface area contributed by atoms with Crippen LogP contribution in [0.4, 0.5) is 0 Å². The molecule has 0 bridgehead atoms. The number of carbonyl (C=O) groups excluding carboxylic acids is 2. The number of ether oxygens (including phenoxy) is 2. The monoisotopic (exact) mass is 499 g/mol. The highest BCUT2D eigenvalue weighted by atomic mass is 32.2. The molecule has 1 atom stereocenters. The number of para-hydroxylation sites is 2. The number of nitrogens with one attached hydrogen (secondary N) is 2. The molecule has 2 aromatic carbocycles. The Kier molecular flexibility index (Phi) is 5.98. The molecule has 11 heteroatoms. The minimum Gasteiger partial charge on any atom is -0.485 e. The maximum Gasteiger partial charge on any atom is 0.283 e. The van der Waals surface area contributed by atoms with Crippen LogP contribution in [0.2, 0.25) is 0 Å². The van der Waals surface area contributed by atoms with Crippen molar-refractivity contribution in [2.45, 2.75) is 24.0 Å². The van der Waals surface area contributed by atoms with Gasteiger partial charge in [-0.15, -0.1) is 11.3 Å². The summed E-state index contributed by atoms with van der Waals surface area (Å²) < 4.78 is 38.9. The summed E-state index contributed by atoms with van der Waals surface area (Å²) in [6.07, 6.45) is -0.279. The second-order valence-corrected chi connectivity index (χ2v) is 10.7. The molecule has 3 heterocycles. The highest BCUT2D eigenvalue weighted by Gasteiger charge is 2.30. The Morgan fingerprint density at radius 2 is 1.85 bits per heavy atom. The van der Waals surface area contributed by atoms with Crippen LogP contribution in [-0.2, 0) is 27.8 Å². The second kappa shape index (κ2) is 9.09. The highest BCUT2D eigenvalue weighted by Crippen LogP contribution is 2.31. The van der Waals surface area contributed by atoms with Gasteiger partial charge in [0.15, 0.2) is 11.5 Å². The van der Waals surface area contributed by atoms with Crippen molar-refractivity contribution in [1.82, 2.24) is 15.2 Å². The second-order valence-electron chi connectivity index (χ2n) is 7.79. The van der Waals surface area contributed by atoms with E-state index in [1.165, 1.54) is 33.4 Å². The summed E-state index contributed by atoms with van der Waals surface area (Å²) in [6.45, 7) is 0.684. The molecule has 2 amide bonds. The molecule has 9 nitrogen and oxygen atoms in total. The van der Waals surface area contributed by atoms with Gasteiger partial charge >= 0.3 is 0 Å². The molecule has 0 aliphatic carbocycles. The first-order chi connectivity index (χ1) is 16.4. The van der Waals surface area contributed by atoms with Crippen LogP contribution in [0.1, 0.15) is 20.8 Å². The zero-order chi connectivity index (χ0) is 23.7. The number of carbonyl (C=O) groups is 2. The van der Waals surface area contributed by atoms with Crippen LogP contribution in [0, 0.1) is 0 Å². The predicted molar refractivity (Wildman–Crippen MR) is 124 cm³/mol. The Balaban J connectivity index is 1.23. The van der Waals surface area contributed by atoms with E-state index in [2.05, 4.69) is 10.9 Å². The van der Waals surface area contributed by atoms with Gasteiger partial charge in [-0.25, -0.2) is 8.42 Å². The van der Waals surface area contributed by atoms with E-state index < -0.39 is 27.9 Å². The number of benzene rings is 2. The van der Waals surface area contributed by atoms with Crippen molar-refractivity contribution in [3.63, 3.8) is 0 Å². The topological polar surface area (TPSA) is 114 Å². The van der Waals surface area contributed by atoms with Crippen LogP contribution in [0.5, 0.6) is 11.5 Å². The van der Waals surface area contributed by atoms with E-state index in [1.807, 2.05) is 11.4 Å². The fraction of sp³-hybridized carbons (Fsp3) is 0.217. The van der Waals surface area contributed by atoms with Crippen molar-refractivity contribution in [2.75, 3.05) is 13.2 Å². The Hall–Kier alpha value is -3.41. The SMILES string of the molecule is O=C(NNC(=O)C1COc2ccccc2O1)c1cccc(S(=O)(=O)N2CCc3sccc3C2)c1.